The number of thioether (sulfide) groups is 1. The molecule has 0 atom stereocenters. The Bertz CT molecular complexity index is 981. The second-order valence-electron chi connectivity index (χ2n) is 6.86. The second kappa shape index (κ2) is 9.36. The number of hydrogen-bond acceptors (Lipinski definition) is 6. The molecule has 1 fully saturated rings. The average Bonchev–Trinajstić information content (AvgIpc) is 3.09. The van der Waals surface area contributed by atoms with E-state index in [0.717, 1.165) is 16.0 Å². The van der Waals surface area contributed by atoms with Crippen LogP contribution in [0.25, 0.3) is 6.08 Å². The minimum atomic E-state index is -0.0716. The zero-order valence-electron chi connectivity index (χ0n) is 16.8. The lowest BCUT2D eigenvalue weighted by atomic mass is 10.1. The quantitative estimate of drug-likeness (QED) is 0.659. The van der Waals surface area contributed by atoms with Crippen LogP contribution in [0.5, 0.6) is 11.5 Å². The van der Waals surface area contributed by atoms with Gasteiger partial charge in [-0.15, -0.1) is 0 Å². The van der Waals surface area contributed by atoms with Crippen molar-refractivity contribution in [1.82, 2.24) is 4.90 Å². The van der Waals surface area contributed by atoms with Crippen LogP contribution in [0.4, 0.5) is 0 Å². The number of fused-ring (bicyclic) bond motifs is 1. The molecule has 2 heterocycles. The van der Waals surface area contributed by atoms with Crippen LogP contribution in [-0.4, -0.2) is 56.1 Å². The Morgan fingerprint density at radius 3 is 2.70 bits per heavy atom. The van der Waals surface area contributed by atoms with E-state index in [1.165, 1.54) is 11.8 Å². The van der Waals surface area contributed by atoms with Crippen molar-refractivity contribution >= 4 is 29.5 Å². The number of carbonyl (C=O) groups is 2. The number of nitrogens with zero attached hydrogens (tertiary/aromatic N) is 1. The Kier molecular flexibility index (Phi) is 6.40. The molecule has 0 aliphatic carbocycles. The summed E-state index contributed by atoms with van der Waals surface area (Å²) in [5.41, 5.74) is 1.58. The van der Waals surface area contributed by atoms with Crippen molar-refractivity contribution in [3.8, 4) is 11.5 Å². The maximum Gasteiger partial charge on any atom is 0.260 e. The van der Waals surface area contributed by atoms with E-state index in [-0.39, 0.29) is 18.3 Å². The summed E-state index contributed by atoms with van der Waals surface area (Å²) >= 11 is 1.47. The molecule has 0 N–H and O–H groups in total. The molecule has 0 spiro atoms. The van der Waals surface area contributed by atoms with E-state index in [0.29, 0.717) is 49.3 Å². The zero-order chi connectivity index (χ0) is 20.9. The van der Waals surface area contributed by atoms with Crippen LogP contribution in [0.3, 0.4) is 0 Å². The van der Waals surface area contributed by atoms with Gasteiger partial charge in [0.2, 0.25) is 5.78 Å². The van der Waals surface area contributed by atoms with Crippen LogP contribution < -0.4 is 9.47 Å². The van der Waals surface area contributed by atoms with Crippen molar-refractivity contribution in [1.29, 1.82) is 0 Å². The van der Waals surface area contributed by atoms with E-state index in [4.69, 9.17) is 14.2 Å². The fraction of sp³-hybridized carbons (Fsp3) is 0.304. The van der Waals surface area contributed by atoms with Crippen LogP contribution in [0, 0.1) is 0 Å². The van der Waals surface area contributed by atoms with E-state index in [1.807, 2.05) is 49.4 Å². The summed E-state index contributed by atoms with van der Waals surface area (Å²) < 4.78 is 16.7. The van der Waals surface area contributed by atoms with E-state index >= 15 is 0 Å². The first-order chi connectivity index (χ1) is 14.7. The number of carbonyl (C=O) groups excluding carboxylic acids is 2. The topological polar surface area (TPSA) is 65.1 Å². The lowest BCUT2D eigenvalue weighted by Gasteiger charge is -2.26. The Morgan fingerprint density at radius 1 is 1.13 bits per heavy atom. The molecule has 2 aromatic rings. The van der Waals surface area contributed by atoms with E-state index in [1.54, 1.807) is 11.0 Å². The van der Waals surface area contributed by atoms with E-state index < -0.39 is 0 Å². The van der Waals surface area contributed by atoms with Gasteiger partial charge in [0.1, 0.15) is 0 Å². The van der Waals surface area contributed by atoms with Gasteiger partial charge < -0.3 is 19.1 Å². The smallest absolute Gasteiger partial charge is 0.260 e. The third-order valence-electron chi connectivity index (χ3n) is 4.86. The Balaban J connectivity index is 1.48. The minimum absolute atomic E-state index is 0.0324. The molecule has 2 aliphatic rings. The van der Waals surface area contributed by atoms with Crippen LogP contribution in [0.1, 0.15) is 22.8 Å². The maximum absolute atomic E-state index is 12.6. The van der Waals surface area contributed by atoms with Crippen LogP contribution in [0.15, 0.2) is 52.3 Å². The van der Waals surface area contributed by atoms with Crippen molar-refractivity contribution in [2.75, 3.05) is 39.5 Å². The van der Waals surface area contributed by atoms with Crippen LogP contribution in [0.2, 0.25) is 0 Å². The fourth-order valence-corrected chi connectivity index (χ4v) is 4.38. The summed E-state index contributed by atoms with van der Waals surface area (Å²) in [5, 5.41) is 0. The predicted molar refractivity (Wildman–Crippen MR) is 115 cm³/mol. The summed E-state index contributed by atoms with van der Waals surface area (Å²) in [6, 6.07) is 13.1. The van der Waals surface area contributed by atoms with Crippen molar-refractivity contribution in [2.24, 2.45) is 0 Å². The summed E-state index contributed by atoms with van der Waals surface area (Å²) in [6.07, 6.45) is 1.86. The molecule has 6 nitrogen and oxygen atoms in total. The second-order valence-corrected chi connectivity index (χ2v) is 7.94. The number of ether oxygens (including phenoxy) is 3. The first-order valence-electron chi connectivity index (χ1n) is 9.94. The summed E-state index contributed by atoms with van der Waals surface area (Å²) in [7, 11) is 0. The highest BCUT2D eigenvalue weighted by atomic mass is 32.2. The molecule has 156 valence electrons. The third kappa shape index (κ3) is 4.52. The molecular weight excluding hydrogens is 402 g/mol. The van der Waals surface area contributed by atoms with Crippen LogP contribution in [-0.2, 0) is 9.53 Å². The summed E-state index contributed by atoms with van der Waals surface area (Å²) in [4.78, 5) is 28.3. The molecule has 0 bridgehead atoms. The largest absolute Gasteiger partial charge is 0.490 e. The molecule has 2 aromatic carbocycles. The SMILES string of the molecule is CCOc1cc(/C=C2/Sc3ccccc3C2=O)ccc1OCC(=O)N1CCOCC1. The van der Waals surface area contributed by atoms with Gasteiger partial charge in [0.25, 0.3) is 5.91 Å². The molecule has 0 saturated carbocycles. The van der Waals surface area contributed by atoms with Crippen molar-refractivity contribution in [3.63, 3.8) is 0 Å². The first-order valence-corrected chi connectivity index (χ1v) is 10.8. The standard InChI is InChI=1S/C23H23NO5S/c1-2-28-19-13-16(14-21-23(26)17-5-3-4-6-20(17)30-21)7-8-18(19)29-15-22(25)24-9-11-27-12-10-24/h3-8,13-14H,2,9-12,15H2,1H3/b21-14+. The van der Waals surface area contributed by atoms with Gasteiger partial charge in [-0.25, -0.2) is 0 Å². The number of amides is 1. The number of hydrogen-bond donors (Lipinski definition) is 0. The van der Waals surface area contributed by atoms with Gasteiger partial charge in [-0.2, -0.15) is 0 Å². The molecule has 7 heteroatoms. The van der Waals surface area contributed by atoms with Crippen molar-refractivity contribution < 1.29 is 23.8 Å². The normalized spacial score (nSPS) is 17.2. The van der Waals surface area contributed by atoms with E-state index in [2.05, 4.69) is 0 Å². The molecule has 0 unspecified atom stereocenters. The van der Waals surface area contributed by atoms with E-state index in [9.17, 15) is 9.59 Å². The molecule has 30 heavy (non-hydrogen) atoms. The van der Waals surface area contributed by atoms with Crippen molar-refractivity contribution in [3.05, 3.63) is 58.5 Å². The minimum Gasteiger partial charge on any atom is -0.490 e. The Hall–Kier alpha value is -2.77. The fourth-order valence-electron chi connectivity index (χ4n) is 3.33. The highest BCUT2D eigenvalue weighted by Gasteiger charge is 2.25. The lowest BCUT2D eigenvalue weighted by molar-refractivity contribution is -0.137. The maximum atomic E-state index is 12.6. The number of morpholine rings is 1. The molecule has 1 saturated heterocycles. The first kappa shape index (κ1) is 20.5. The predicted octanol–water partition coefficient (Wildman–Crippen LogP) is 3.65. The molecule has 0 aromatic heterocycles. The zero-order valence-corrected chi connectivity index (χ0v) is 17.6. The Morgan fingerprint density at radius 2 is 1.93 bits per heavy atom. The van der Waals surface area contributed by atoms with Gasteiger partial charge in [0, 0.05) is 23.5 Å². The molecule has 1 amide bonds. The number of ketones is 1. The van der Waals surface area contributed by atoms with Gasteiger partial charge in [-0.1, -0.05) is 30.0 Å². The lowest BCUT2D eigenvalue weighted by Crippen LogP contribution is -2.43. The van der Waals surface area contributed by atoms with Crippen molar-refractivity contribution in [2.45, 2.75) is 11.8 Å². The number of Topliss-reactive ketones (excluding diaryl/α,β-unsaturated/α-hetero) is 1. The third-order valence-corrected chi connectivity index (χ3v) is 5.95. The van der Waals surface area contributed by atoms with Crippen LogP contribution >= 0.6 is 11.8 Å². The monoisotopic (exact) mass is 425 g/mol. The van der Waals surface area contributed by atoms with Gasteiger partial charge in [-0.3, -0.25) is 9.59 Å². The van der Waals surface area contributed by atoms with Gasteiger partial charge >= 0.3 is 0 Å². The Labute approximate surface area is 179 Å². The number of benzene rings is 2. The number of rotatable bonds is 6. The molecule has 2 aliphatic heterocycles. The highest BCUT2D eigenvalue weighted by Crippen LogP contribution is 2.41. The van der Waals surface area contributed by atoms with Gasteiger partial charge in [0.15, 0.2) is 18.1 Å². The molecule has 4 rings (SSSR count). The molecular formula is C23H23NO5S. The summed E-state index contributed by atoms with van der Waals surface area (Å²) in [6.45, 7) is 4.58. The van der Waals surface area contributed by atoms with Gasteiger partial charge in [0.05, 0.1) is 24.7 Å². The summed E-state index contributed by atoms with van der Waals surface area (Å²) in [5.74, 6) is 1.02. The molecule has 0 radical (unpaired) electrons. The van der Waals surface area contributed by atoms with Gasteiger partial charge in [-0.05, 0) is 42.8 Å². The average molecular weight is 426 g/mol. The highest BCUT2D eigenvalue weighted by molar-refractivity contribution is 8.04. The number of allylic oxidation sites excluding steroid dienone is 1.